The van der Waals surface area contributed by atoms with Crippen molar-refractivity contribution in [3.05, 3.63) is 53.1 Å². The highest BCUT2D eigenvalue weighted by Gasteiger charge is 2.23. The maximum absolute atomic E-state index is 14.9. The second-order valence-corrected chi connectivity index (χ2v) is 8.51. The van der Waals surface area contributed by atoms with Crippen molar-refractivity contribution >= 4 is 21.5 Å². The van der Waals surface area contributed by atoms with Gasteiger partial charge >= 0.3 is 0 Å². The molecule has 0 fully saturated rings. The molecule has 2 heterocycles. The number of pyridine rings is 1. The van der Waals surface area contributed by atoms with Gasteiger partial charge in [0.2, 0.25) is 10.0 Å². The van der Waals surface area contributed by atoms with E-state index in [1.54, 1.807) is 11.3 Å². The van der Waals surface area contributed by atoms with Gasteiger partial charge in [0.25, 0.3) is 0 Å². The lowest BCUT2D eigenvalue weighted by Crippen LogP contribution is -2.13. The van der Waals surface area contributed by atoms with Gasteiger partial charge in [-0.15, -0.1) is 0 Å². The molecule has 3 aromatic rings. The summed E-state index contributed by atoms with van der Waals surface area (Å²) in [6.07, 6.45) is 3.07. The molecule has 8 heteroatoms. The van der Waals surface area contributed by atoms with Crippen molar-refractivity contribution in [2.45, 2.75) is 44.9 Å². The van der Waals surface area contributed by atoms with Crippen molar-refractivity contribution in [2.75, 3.05) is 0 Å². The molecule has 0 aliphatic rings. The van der Waals surface area contributed by atoms with Crippen molar-refractivity contribution in [3.63, 3.8) is 0 Å². The Morgan fingerprint density at radius 1 is 1.25 bits per heavy atom. The van der Waals surface area contributed by atoms with E-state index in [9.17, 15) is 17.6 Å². The number of rotatable bonds is 6. The van der Waals surface area contributed by atoms with E-state index in [4.69, 9.17) is 5.14 Å². The van der Waals surface area contributed by atoms with Crippen molar-refractivity contribution < 1.29 is 17.6 Å². The van der Waals surface area contributed by atoms with Gasteiger partial charge in [0.15, 0.2) is 0 Å². The number of fused-ring (bicyclic) bond motifs is 1. The van der Waals surface area contributed by atoms with Crippen LogP contribution in [-0.2, 0) is 21.2 Å². The summed E-state index contributed by atoms with van der Waals surface area (Å²) in [5, 5.41) is 5.13. The molecule has 0 aliphatic heterocycles. The fraction of sp³-hybridized carbons (Fsp3) is 0.300. The molecule has 28 heavy (non-hydrogen) atoms. The topological polar surface area (TPSA) is 94.5 Å². The molecule has 0 atom stereocenters. The summed E-state index contributed by atoms with van der Waals surface area (Å²) in [5.74, 6) is -0.710. The number of halogens is 1. The van der Waals surface area contributed by atoms with E-state index < -0.39 is 15.8 Å². The Bertz CT molecular complexity index is 1160. The number of ketones is 1. The molecule has 0 amide bonds. The fourth-order valence-electron chi connectivity index (χ4n) is 3.30. The SMILES string of the molecule is CCCC(=O)Cc1c(-c2c(C)cc(S(N)(=O)=O)cc2F)nc2cc(C)ccn12. The molecule has 0 saturated heterocycles. The third-order valence-corrected chi connectivity index (χ3v) is 5.49. The molecule has 0 saturated carbocycles. The van der Waals surface area contributed by atoms with E-state index in [1.165, 1.54) is 6.07 Å². The Hall–Kier alpha value is -2.58. The minimum Gasteiger partial charge on any atom is -0.303 e. The molecular weight excluding hydrogens is 381 g/mol. The van der Waals surface area contributed by atoms with Gasteiger partial charge in [-0.25, -0.2) is 22.9 Å². The van der Waals surface area contributed by atoms with E-state index in [1.807, 2.05) is 32.2 Å². The number of Topliss-reactive ketones (excluding diaryl/α,β-unsaturated/α-hetero) is 1. The molecule has 1 aromatic carbocycles. The van der Waals surface area contributed by atoms with Crippen LogP contribution in [0, 0.1) is 19.7 Å². The smallest absolute Gasteiger partial charge is 0.238 e. The summed E-state index contributed by atoms with van der Waals surface area (Å²) in [6, 6.07) is 5.95. The first-order valence-corrected chi connectivity index (χ1v) is 10.5. The number of aromatic nitrogens is 2. The quantitative estimate of drug-likeness (QED) is 0.683. The summed E-state index contributed by atoms with van der Waals surface area (Å²) in [5.41, 5.74) is 3.06. The lowest BCUT2D eigenvalue weighted by Gasteiger charge is -2.10. The van der Waals surface area contributed by atoms with Crippen molar-refractivity contribution in [1.29, 1.82) is 0 Å². The molecule has 0 aliphatic carbocycles. The van der Waals surface area contributed by atoms with Crippen LogP contribution in [0.25, 0.3) is 16.9 Å². The highest BCUT2D eigenvalue weighted by atomic mass is 32.2. The summed E-state index contributed by atoms with van der Waals surface area (Å²) < 4.78 is 39.9. The second kappa shape index (κ2) is 7.44. The minimum absolute atomic E-state index is 0.0327. The number of imidazole rings is 1. The van der Waals surface area contributed by atoms with Gasteiger partial charge in [-0.1, -0.05) is 6.92 Å². The number of sulfonamides is 1. The molecule has 0 radical (unpaired) electrons. The number of nitrogens with zero attached hydrogens (tertiary/aromatic N) is 2. The van der Waals surface area contributed by atoms with Gasteiger partial charge in [0, 0.05) is 24.6 Å². The van der Waals surface area contributed by atoms with Crippen LogP contribution in [0.2, 0.25) is 0 Å². The average molecular weight is 403 g/mol. The summed E-state index contributed by atoms with van der Waals surface area (Å²) >= 11 is 0. The molecule has 0 bridgehead atoms. The number of carbonyl (C=O) groups excluding carboxylic acids is 1. The third kappa shape index (κ3) is 3.83. The largest absolute Gasteiger partial charge is 0.303 e. The number of benzene rings is 1. The van der Waals surface area contributed by atoms with Crippen LogP contribution < -0.4 is 5.14 Å². The summed E-state index contributed by atoms with van der Waals surface area (Å²) in [4.78, 5) is 16.6. The van der Waals surface area contributed by atoms with Crippen molar-refractivity contribution in [2.24, 2.45) is 5.14 Å². The van der Waals surface area contributed by atoms with E-state index in [0.717, 1.165) is 18.1 Å². The third-order valence-electron chi connectivity index (χ3n) is 4.60. The van der Waals surface area contributed by atoms with Gasteiger partial charge < -0.3 is 4.40 Å². The Balaban J connectivity index is 2.26. The van der Waals surface area contributed by atoms with E-state index in [-0.39, 0.29) is 22.7 Å². The fourth-order valence-corrected chi connectivity index (χ4v) is 3.91. The van der Waals surface area contributed by atoms with Crippen LogP contribution in [0.5, 0.6) is 0 Å². The van der Waals surface area contributed by atoms with Crippen molar-refractivity contribution in [3.8, 4) is 11.3 Å². The van der Waals surface area contributed by atoms with E-state index >= 15 is 0 Å². The summed E-state index contributed by atoms with van der Waals surface area (Å²) in [6.45, 7) is 5.44. The Morgan fingerprint density at radius 2 is 1.96 bits per heavy atom. The number of primary sulfonamides is 1. The van der Waals surface area contributed by atoms with Crippen LogP contribution in [0.3, 0.4) is 0 Å². The Kier molecular flexibility index (Phi) is 5.36. The van der Waals surface area contributed by atoms with Crippen LogP contribution in [0.15, 0.2) is 35.4 Å². The number of hydrogen-bond acceptors (Lipinski definition) is 4. The molecule has 0 spiro atoms. The second-order valence-electron chi connectivity index (χ2n) is 6.95. The number of nitrogens with two attached hydrogens (primary N) is 1. The van der Waals surface area contributed by atoms with Gasteiger partial charge in [0.1, 0.15) is 17.2 Å². The first-order chi connectivity index (χ1) is 13.1. The molecule has 0 unspecified atom stereocenters. The maximum atomic E-state index is 14.9. The van der Waals surface area contributed by atoms with Gasteiger partial charge in [-0.05, 0) is 55.7 Å². The molecule has 3 rings (SSSR count). The predicted molar refractivity (Wildman–Crippen MR) is 105 cm³/mol. The molecule has 2 aromatic heterocycles. The van der Waals surface area contributed by atoms with E-state index in [0.29, 0.717) is 29.0 Å². The van der Waals surface area contributed by atoms with E-state index in [2.05, 4.69) is 4.98 Å². The maximum Gasteiger partial charge on any atom is 0.238 e. The predicted octanol–water partition coefficient (Wildman–Crippen LogP) is 3.32. The molecule has 6 nitrogen and oxygen atoms in total. The molecular formula is C20H22FN3O3S. The zero-order valence-corrected chi connectivity index (χ0v) is 16.8. The lowest BCUT2D eigenvalue weighted by molar-refractivity contribution is -0.118. The zero-order valence-electron chi connectivity index (χ0n) is 16.0. The van der Waals surface area contributed by atoms with Gasteiger partial charge in [-0.2, -0.15) is 0 Å². The minimum atomic E-state index is -4.03. The number of hydrogen-bond donors (Lipinski definition) is 1. The van der Waals surface area contributed by atoms with Crippen molar-refractivity contribution in [1.82, 2.24) is 9.38 Å². The first kappa shape index (κ1) is 20.2. The highest BCUT2D eigenvalue weighted by molar-refractivity contribution is 7.89. The average Bonchev–Trinajstić information content (AvgIpc) is 2.90. The van der Waals surface area contributed by atoms with Crippen LogP contribution in [0.4, 0.5) is 4.39 Å². The highest BCUT2D eigenvalue weighted by Crippen LogP contribution is 2.32. The standard InChI is InChI=1S/C20H22FN3O3S/c1-4-5-14(25)10-17-20(23-18-8-12(2)6-7-24(17)18)19-13(3)9-15(11-16(19)21)28(22,26)27/h6-9,11H,4-5,10H2,1-3H3,(H2,22,26,27). The number of carbonyl (C=O) groups is 1. The number of aryl methyl sites for hydroxylation is 2. The molecule has 2 N–H and O–H groups in total. The normalized spacial score (nSPS) is 11.9. The first-order valence-electron chi connectivity index (χ1n) is 8.94. The zero-order chi connectivity index (χ0) is 20.6. The van der Waals surface area contributed by atoms with Crippen LogP contribution in [-0.4, -0.2) is 23.6 Å². The van der Waals surface area contributed by atoms with Crippen LogP contribution in [0.1, 0.15) is 36.6 Å². The lowest BCUT2D eigenvalue weighted by atomic mass is 10.0. The molecule has 148 valence electrons. The van der Waals surface area contributed by atoms with Gasteiger partial charge in [-0.3, -0.25) is 4.79 Å². The monoisotopic (exact) mass is 403 g/mol. The van der Waals surface area contributed by atoms with Crippen LogP contribution >= 0.6 is 0 Å². The Morgan fingerprint density at radius 3 is 2.57 bits per heavy atom. The van der Waals surface area contributed by atoms with Gasteiger partial charge in [0.05, 0.1) is 16.3 Å². The summed E-state index contributed by atoms with van der Waals surface area (Å²) in [7, 11) is -4.03. The Labute approximate surface area is 163 Å².